The van der Waals surface area contributed by atoms with Gasteiger partial charge in [0, 0.05) is 38.7 Å². The Morgan fingerprint density at radius 1 is 1.07 bits per heavy atom. The highest BCUT2D eigenvalue weighted by Crippen LogP contribution is 2.21. The quantitative estimate of drug-likeness (QED) is 0.320. The molecule has 0 fully saturated rings. The molecule has 0 saturated carbocycles. The first-order valence-corrected chi connectivity index (χ1v) is 10.3. The molecule has 8 heteroatoms. The Morgan fingerprint density at radius 3 is 2.40 bits per heavy atom. The average Bonchev–Trinajstić information content (AvgIpc) is 3.01. The molecule has 0 spiro atoms. The summed E-state index contributed by atoms with van der Waals surface area (Å²) in [5.74, 6) is -1.59. The number of nitrogens with one attached hydrogen (secondary N) is 2. The van der Waals surface area contributed by atoms with Crippen LogP contribution in [0.4, 0.5) is 0 Å². The number of carbonyl (C=O) groups is 2. The number of carbonyl (C=O) groups excluding carboxylic acids is 2. The second-order valence-electron chi connectivity index (χ2n) is 6.65. The highest BCUT2D eigenvalue weighted by atomic mass is 79.9. The van der Waals surface area contributed by atoms with Crippen LogP contribution >= 0.6 is 27.5 Å². The van der Waals surface area contributed by atoms with Crippen molar-refractivity contribution < 1.29 is 9.59 Å². The van der Waals surface area contributed by atoms with E-state index in [1.54, 1.807) is 24.3 Å². The van der Waals surface area contributed by atoms with E-state index in [4.69, 9.17) is 11.6 Å². The fourth-order valence-electron chi connectivity index (χ4n) is 2.98. The monoisotopic (exact) mass is 486 g/mol. The van der Waals surface area contributed by atoms with Crippen molar-refractivity contribution in [3.05, 3.63) is 86.6 Å². The fraction of sp³-hybridized carbons (Fsp3) is 0.136. The van der Waals surface area contributed by atoms with Crippen LogP contribution < -0.4 is 10.7 Å². The van der Waals surface area contributed by atoms with E-state index < -0.39 is 11.8 Å². The second-order valence-corrected chi connectivity index (χ2v) is 8.00. The van der Waals surface area contributed by atoms with E-state index in [1.807, 2.05) is 44.2 Å². The van der Waals surface area contributed by atoms with E-state index >= 15 is 0 Å². The van der Waals surface area contributed by atoms with Crippen molar-refractivity contribution in [2.24, 2.45) is 5.10 Å². The van der Waals surface area contributed by atoms with Crippen LogP contribution in [0, 0.1) is 13.8 Å². The van der Waals surface area contributed by atoms with Crippen LogP contribution in [-0.4, -0.2) is 22.6 Å². The van der Waals surface area contributed by atoms with Crippen molar-refractivity contribution in [1.82, 2.24) is 15.3 Å². The Balaban J connectivity index is 1.60. The van der Waals surface area contributed by atoms with Gasteiger partial charge in [0.2, 0.25) is 0 Å². The SMILES string of the molecule is Cc1cc(/C=N\NC(=O)C(=O)NCc2ccc(Cl)cc2)c(C)n1-c1ccc(Br)cc1. The van der Waals surface area contributed by atoms with Crippen LogP contribution in [0.25, 0.3) is 5.69 Å². The van der Waals surface area contributed by atoms with Gasteiger partial charge in [0.25, 0.3) is 0 Å². The van der Waals surface area contributed by atoms with Gasteiger partial charge < -0.3 is 9.88 Å². The molecule has 2 amide bonds. The molecule has 3 rings (SSSR count). The van der Waals surface area contributed by atoms with Gasteiger partial charge in [0.05, 0.1) is 6.21 Å². The van der Waals surface area contributed by atoms with E-state index in [-0.39, 0.29) is 6.54 Å². The van der Waals surface area contributed by atoms with Gasteiger partial charge in [-0.15, -0.1) is 0 Å². The third-order valence-corrected chi connectivity index (χ3v) is 5.28. The fourth-order valence-corrected chi connectivity index (χ4v) is 3.37. The molecule has 0 unspecified atom stereocenters. The Morgan fingerprint density at radius 2 is 1.73 bits per heavy atom. The highest BCUT2D eigenvalue weighted by molar-refractivity contribution is 9.10. The molecule has 6 nitrogen and oxygen atoms in total. The molecule has 2 aromatic carbocycles. The van der Waals surface area contributed by atoms with Crippen LogP contribution in [0.2, 0.25) is 5.02 Å². The molecule has 3 aromatic rings. The minimum atomic E-state index is -0.832. The zero-order valence-corrected chi connectivity index (χ0v) is 18.8. The van der Waals surface area contributed by atoms with Crippen molar-refractivity contribution in [2.75, 3.05) is 0 Å². The minimum Gasteiger partial charge on any atom is -0.344 e. The summed E-state index contributed by atoms with van der Waals surface area (Å²) in [5.41, 5.74) is 6.97. The summed E-state index contributed by atoms with van der Waals surface area (Å²) in [5, 5.41) is 7.08. The molecule has 0 atom stereocenters. The van der Waals surface area contributed by atoms with Crippen LogP contribution in [-0.2, 0) is 16.1 Å². The molecule has 0 aliphatic heterocycles. The first-order chi connectivity index (χ1) is 14.3. The number of hydrogen-bond acceptors (Lipinski definition) is 3. The molecule has 0 aliphatic carbocycles. The molecule has 154 valence electrons. The van der Waals surface area contributed by atoms with Crippen LogP contribution in [0.3, 0.4) is 0 Å². The summed E-state index contributed by atoms with van der Waals surface area (Å²) in [7, 11) is 0. The van der Waals surface area contributed by atoms with Gasteiger partial charge in [-0.3, -0.25) is 9.59 Å². The summed E-state index contributed by atoms with van der Waals surface area (Å²) in [6.45, 7) is 4.19. The molecule has 0 bridgehead atoms. The predicted molar refractivity (Wildman–Crippen MR) is 122 cm³/mol. The van der Waals surface area contributed by atoms with Gasteiger partial charge in [-0.2, -0.15) is 5.10 Å². The van der Waals surface area contributed by atoms with Crippen molar-refractivity contribution in [1.29, 1.82) is 0 Å². The van der Waals surface area contributed by atoms with Crippen molar-refractivity contribution in [3.63, 3.8) is 0 Å². The maximum atomic E-state index is 12.0. The molecule has 0 radical (unpaired) electrons. The summed E-state index contributed by atoms with van der Waals surface area (Å²) in [6, 6.07) is 16.9. The number of halogens is 2. The number of hydrogen-bond donors (Lipinski definition) is 2. The maximum absolute atomic E-state index is 12.0. The number of nitrogens with zero attached hydrogens (tertiary/aromatic N) is 2. The number of amides is 2. The molecule has 2 N–H and O–H groups in total. The van der Waals surface area contributed by atoms with E-state index in [1.165, 1.54) is 6.21 Å². The van der Waals surface area contributed by atoms with Crippen molar-refractivity contribution >= 4 is 45.6 Å². The predicted octanol–water partition coefficient (Wildman–Crippen LogP) is 4.28. The Bertz CT molecular complexity index is 1090. The third kappa shape index (κ3) is 5.37. The number of hydrazone groups is 1. The Kier molecular flexibility index (Phi) is 7.07. The summed E-state index contributed by atoms with van der Waals surface area (Å²) < 4.78 is 3.10. The van der Waals surface area contributed by atoms with Crippen LogP contribution in [0.15, 0.2) is 64.2 Å². The molecular formula is C22H20BrClN4O2. The van der Waals surface area contributed by atoms with E-state index in [0.29, 0.717) is 5.02 Å². The van der Waals surface area contributed by atoms with E-state index in [9.17, 15) is 9.59 Å². The minimum absolute atomic E-state index is 0.224. The maximum Gasteiger partial charge on any atom is 0.329 e. The molecule has 30 heavy (non-hydrogen) atoms. The largest absolute Gasteiger partial charge is 0.344 e. The molecule has 0 saturated heterocycles. The Hall–Kier alpha value is -2.90. The normalized spacial score (nSPS) is 10.9. The number of aryl methyl sites for hydroxylation is 1. The van der Waals surface area contributed by atoms with Gasteiger partial charge in [0.15, 0.2) is 0 Å². The van der Waals surface area contributed by atoms with Gasteiger partial charge in [-0.25, -0.2) is 5.43 Å². The number of rotatable bonds is 5. The first-order valence-electron chi connectivity index (χ1n) is 9.15. The summed E-state index contributed by atoms with van der Waals surface area (Å²) >= 11 is 9.26. The lowest BCUT2D eigenvalue weighted by Crippen LogP contribution is -2.37. The van der Waals surface area contributed by atoms with E-state index in [0.717, 1.165) is 32.7 Å². The van der Waals surface area contributed by atoms with Gasteiger partial charge in [-0.1, -0.05) is 39.7 Å². The van der Waals surface area contributed by atoms with Gasteiger partial charge in [-0.05, 0) is 61.9 Å². The average molecular weight is 488 g/mol. The zero-order chi connectivity index (χ0) is 21.7. The van der Waals surface area contributed by atoms with Crippen LogP contribution in [0.5, 0.6) is 0 Å². The van der Waals surface area contributed by atoms with Gasteiger partial charge in [0.1, 0.15) is 0 Å². The lowest BCUT2D eigenvalue weighted by atomic mass is 10.2. The summed E-state index contributed by atoms with van der Waals surface area (Å²) in [6.07, 6.45) is 1.53. The Labute approximate surface area is 188 Å². The summed E-state index contributed by atoms with van der Waals surface area (Å²) in [4.78, 5) is 23.9. The van der Waals surface area contributed by atoms with E-state index in [2.05, 4.69) is 36.3 Å². The lowest BCUT2D eigenvalue weighted by molar-refractivity contribution is -0.139. The topological polar surface area (TPSA) is 75.5 Å². The smallest absolute Gasteiger partial charge is 0.329 e. The molecule has 0 aliphatic rings. The number of benzene rings is 2. The molecular weight excluding hydrogens is 468 g/mol. The lowest BCUT2D eigenvalue weighted by Gasteiger charge is -2.09. The standard InChI is InChI=1S/C22H20BrClN4O2/c1-14-11-17(15(2)28(14)20-9-5-18(23)6-10-20)13-26-27-22(30)21(29)25-12-16-3-7-19(24)8-4-16/h3-11,13H,12H2,1-2H3,(H,25,29)(H,27,30)/b26-13-. The third-order valence-electron chi connectivity index (χ3n) is 4.50. The second kappa shape index (κ2) is 9.73. The first kappa shape index (κ1) is 21.8. The molecule has 1 heterocycles. The highest BCUT2D eigenvalue weighted by Gasteiger charge is 2.13. The molecule has 1 aromatic heterocycles. The number of aromatic nitrogens is 1. The van der Waals surface area contributed by atoms with Gasteiger partial charge >= 0.3 is 11.8 Å². The van der Waals surface area contributed by atoms with Crippen molar-refractivity contribution in [3.8, 4) is 5.69 Å². The van der Waals surface area contributed by atoms with Crippen LogP contribution in [0.1, 0.15) is 22.5 Å². The van der Waals surface area contributed by atoms with Crippen molar-refractivity contribution in [2.45, 2.75) is 20.4 Å². The zero-order valence-electron chi connectivity index (χ0n) is 16.4.